The molecule has 0 spiro atoms. The molecule has 1 aromatic carbocycles. The number of thiophene rings is 1. The quantitative estimate of drug-likeness (QED) is 0.850. The summed E-state index contributed by atoms with van der Waals surface area (Å²) in [5, 5.41) is 6.52. The van der Waals surface area contributed by atoms with Crippen LogP contribution in [-0.2, 0) is 0 Å². The second-order valence-corrected chi connectivity index (χ2v) is 4.96. The molecule has 0 atom stereocenters. The summed E-state index contributed by atoms with van der Waals surface area (Å²) < 4.78 is 10.4. The molecule has 0 aliphatic heterocycles. The number of aryl methyl sites for hydroxylation is 1. The Morgan fingerprint density at radius 3 is 2.40 bits per heavy atom. The Labute approximate surface area is 121 Å². The van der Waals surface area contributed by atoms with Crippen LogP contribution in [0.5, 0.6) is 11.5 Å². The molecule has 0 aliphatic rings. The first-order chi connectivity index (χ1) is 9.56. The molecule has 3 N–H and O–H groups in total. The highest BCUT2D eigenvalue weighted by Gasteiger charge is 2.14. The largest absolute Gasteiger partial charge is 0.493 e. The van der Waals surface area contributed by atoms with Crippen LogP contribution in [-0.4, -0.2) is 20.1 Å². The van der Waals surface area contributed by atoms with Gasteiger partial charge in [0.1, 0.15) is 0 Å². The molecular formula is C14H16N2O3S. The van der Waals surface area contributed by atoms with Crippen LogP contribution in [0.1, 0.15) is 15.9 Å². The van der Waals surface area contributed by atoms with Gasteiger partial charge in [-0.05, 0) is 17.9 Å². The van der Waals surface area contributed by atoms with E-state index in [-0.39, 0.29) is 5.91 Å². The molecule has 0 bridgehead atoms. The van der Waals surface area contributed by atoms with E-state index in [0.29, 0.717) is 28.4 Å². The van der Waals surface area contributed by atoms with Crippen LogP contribution in [0.15, 0.2) is 22.9 Å². The fourth-order valence-electron chi connectivity index (χ4n) is 1.79. The fraction of sp³-hybridized carbons (Fsp3) is 0.214. The molecule has 2 rings (SSSR count). The van der Waals surface area contributed by atoms with E-state index >= 15 is 0 Å². The van der Waals surface area contributed by atoms with Crippen molar-refractivity contribution in [3.8, 4) is 11.5 Å². The highest BCUT2D eigenvalue weighted by atomic mass is 32.1. The number of nitrogens with one attached hydrogen (secondary N) is 1. The zero-order valence-electron chi connectivity index (χ0n) is 11.5. The summed E-state index contributed by atoms with van der Waals surface area (Å²) in [5.74, 6) is 0.844. The van der Waals surface area contributed by atoms with Crippen LogP contribution in [0.2, 0.25) is 0 Å². The molecule has 1 amide bonds. The maximum atomic E-state index is 12.2. The summed E-state index contributed by atoms with van der Waals surface area (Å²) in [7, 11) is 3.06. The van der Waals surface area contributed by atoms with Gasteiger partial charge in [-0.3, -0.25) is 4.79 Å². The highest BCUT2D eigenvalue weighted by Crippen LogP contribution is 2.35. The number of anilines is 2. The first-order valence-corrected chi connectivity index (χ1v) is 6.86. The normalized spacial score (nSPS) is 10.2. The zero-order valence-corrected chi connectivity index (χ0v) is 12.3. The van der Waals surface area contributed by atoms with Crippen LogP contribution in [0, 0.1) is 6.92 Å². The number of carbonyl (C=O) groups is 1. The molecule has 0 saturated heterocycles. The van der Waals surface area contributed by atoms with Crippen molar-refractivity contribution in [1.82, 2.24) is 0 Å². The SMILES string of the molecule is COc1cc(N)c(NC(=O)c2cscc2C)cc1OC. The Morgan fingerprint density at radius 1 is 1.20 bits per heavy atom. The van der Waals surface area contributed by atoms with Crippen LogP contribution in [0.25, 0.3) is 0 Å². The van der Waals surface area contributed by atoms with E-state index in [1.165, 1.54) is 25.6 Å². The minimum atomic E-state index is -0.192. The van der Waals surface area contributed by atoms with Gasteiger partial charge in [0.25, 0.3) is 5.91 Å². The molecule has 20 heavy (non-hydrogen) atoms. The van der Waals surface area contributed by atoms with Crippen LogP contribution in [0.3, 0.4) is 0 Å². The van der Waals surface area contributed by atoms with E-state index in [1.807, 2.05) is 17.7 Å². The average molecular weight is 292 g/mol. The van der Waals surface area contributed by atoms with Gasteiger partial charge in [0.15, 0.2) is 11.5 Å². The smallest absolute Gasteiger partial charge is 0.256 e. The maximum Gasteiger partial charge on any atom is 0.256 e. The lowest BCUT2D eigenvalue weighted by atomic mass is 10.2. The number of carbonyl (C=O) groups excluding carboxylic acids is 1. The molecular weight excluding hydrogens is 276 g/mol. The summed E-state index contributed by atoms with van der Waals surface area (Å²) in [5.41, 5.74) is 8.41. The minimum Gasteiger partial charge on any atom is -0.493 e. The van der Waals surface area contributed by atoms with Gasteiger partial charge in [-0.1, -0.05) is 0 Å². The van der Waals surface area contributed by atoms with E-state index in [0.717, 1.165) is 5.56 Å². The number of ether oxygens (including phenoxy) is 2. The second-order valence-electron chi connectivity index (χ2n) is 4.22. The van der Waals surface area contributed by atoms with Gasteiger partial charge < -0.3 is 20.5 Å². The van der Waals surface area contributed by atoms with Gasteiger partial charge >= 0.3 is 0 Å². The minimum absolute atomic E-state index is 0.192. The Kier molecular flexibility index (Phi) is 4.14. The van der Waals surface area contributed by atoms with Gasteiger partial charge in [0.2, 0.25) is 0 Å². The fourth-order valence-corrected chi connectivity index (χ4v) is 2.61. The van der Waals surface area contributed by atoms with E-state index in [4.69, 9.17) is 15.2 Å². The molecule has 0 unspecified atom stereocenters. The second kappa shape index (κ2) is 5.83. The number of hydrogen-bond acceptors (Lipinski definition) is 5. The summed E-state index contributed by atoms with van der Waals surface area (Å²) in [4.78, 5) is 12.2. The Bertz CT molecular complexity index is 637. The number of methoxy groups -OCH3 is 2. The van der Waals surface area contributed by atoms with Crippen molar-refractivity contribution < 1.29 is 14.3 Å². The summed E-state index contributed by atoms with van der Waals surface area (Å²) >= 11 is 1.49. The number of benzene rings is 1. The van der Waals surface area contributed by atoms with Crippen LogP contribution < -0.4 is 20.5 Å². The Morgan fingerprint density at radius 2 is 1.85 bits per heavy atom. The number of hydrogen-bond donors (Lipinski definition) is 2. The van der Waals surface area contributed by atoms with Crippen molar-refractivity contribution in [2.24, 2.45) is 0 Å². The van der Waals surface area contributed by atoms with Crippen LogP contribution >= 0.6 is 11.3 Å². The van der Waals surface area contributed by atoms with E-state index in [9.17, 15) is 4.79 Å². The lowest BCUT2D eigenvalue weighted by Crippen LogP contribution is -2.13. The molecule has 106 valence electrons. The van der Waals surface area contributed by atoms with Crippen molar-refractivity contribution in [3.05, 3.63) is 34.0 Å². The summed E-state index contributed by atoms with van der Waals surface area (Å²) in [6, 6.07) is 3.27. The highest BCUT2D eigenvalue weighted by molar-refractivity contribution is 7.08. The molecule has 0 fully saturated rings. The average Bonchev–Trinajstić information content (AvgIpc) is 2.86. The molecule has 5 nitrogen and oxygen atoms in total. The van der Waals surface area contributed by atoms with Gasteiger partial charge in [-0.25, -0.2) is 0 Å². The van der Waals surface area contributed by atoms with E-state index in [2.05, 4.69) is 5.32 Å². The third-order valence-electron chi connectivity index (χ3n) is 2.90. The van der Waals surface area contributed by atoms with Gasteiger partial charge in [0.05, 0.1) is 31.2 Å². The molecule has 1 aromatic heterocycles. The molecule has 1 heterocycles. The third kappa shape index (κ3) is 2.70. The Balaban J connectivity index is 2.30. The predicted molar refractivity (Wildman–Crippen MR) is 81.0 cm³/mol. The lowest BCUT2D eigenvalue weighted by Gasteiger charge is -2.13. The van der Waals surface area contributed by atoms with Gasteiger partial charge in [-0.2, -0.15) is 11.3 Å². The predicted octanol–water partition coefficient (Wildman–Crippen LogP) is 2.91. The van der Waals surface area contributed by atoms with Crippen LogP contribution in [0.4, 0.5) is 11.4 Å². The lowest BCUT2D eigenvalue weighted by molar-refractivity contribution is 0.102. The van der Waals surface area contributed by atoms with E-state index in [1.54, 1.807) is 12.1 Å². The maximum absolute atomic E-state index is 12.2. The monoisotopic (exact) mass is 292 g/mol. The number of nitrogen functional groups attached to an aromatic ring is 1. The van der Waals surface area contributed by atoms with Crippen molar-refractivity contribution in [1.29, 1.82) is 0 Å². The molecule has 2 aromatic rings. The number of rotatable bonds is 4. The summed E-state index contributed by atoms with van der Waals surface area (Å²) in [6.07, 6.45) is 0. The van der Waals surface area contributed by atoms with Gasteiger partial charge in [-0.15, -0.1) is 0 Å². The van der Waals surface area contributed by atoms with E-state index < -0.39 is 0 Å². The topological polar surface area (TPSA) is 73.6 Å². The first-order valence-electron chi connectivity index (χ1n) is 5.92. The first kappa shape index (κ1) is 14.2. The number of amides is 1. The van der Waals surface area contributed by atoms with Gasteiger partial charge in [0, 0.05) is 17.5 Å². The molecule has 6 heteroatoms. The van der Waals surface area contributed by atoms with Crippen molar-refractivity contribution in [2.75, 3.05) is 25.3 Å². The van der Waals surface area contributed by atoms with Crippen molar-refractivity contribution in [3.63, 3.8) is 0 Å². The third-order valence-corrected chi connectivity index (χ3v) is 3.77. The molecule has 0 radical (unpaired) electrons. The van der Waals surface area contributed by atoms with Crippen molar-refractivity contribution in [2.45, 2.75) is 6.92 Å². The summed E-state index contributed by atoms with van der Waals surface area (Å²) in [6.45, 7) is 1.89. The molecule has 0 saturated carbocycles. The standard InChI is InChI=1S/C14H16N2O3S/c1-8-6-20-7-9(8)14(17)16-11-5-13(19-3)12(18-2)4-10(11)15/h4-7H,15H2,1-3H3,(H,16,17). The van der Waals surface area contributed by atoms with Crippen molar-refractivity contribution >= 4 is 28.6 Å². The molecule has 0 aliphatic carbocycles. The zero-order chi connectivity index (χ0) is 14.7. The number of nitrogens with two attached hydrogens (primary N) is 1. The Hall–Kier alpha value is -2.21.